The van der Waals surface area contributed by atoms with Crippen molar-refractivity contribution in [1.29, 1.82) is 0 Å². The first-order chi connectivity index (χ1) is 14.4. The van der Waals surface area contributed by atoms with E-state index in [2.05, 4.69) is 5.32 Å². The van der Waals surface area contributed by atoms with Crippen molar-refractivity contribution in [3.8, 4) is 0 Å². The molecule has 1 heterocycles. The third kappa shape index (κ3) is 4.92. The molecule has 166 valence electrons. The molecule has 1 N–H and O–H groups in total. The van der Waals surface area contributed by atoms with Gasteiger partial charge in [-0.05, 0) is 50.1 Å². The molecule has 1 saturated heterocycles. The second kappa shape index (κ2) is 8.61. The highest BCUT2D eigenvalue weighted by molar-refractivity contribution is 7.88. The molecule has 0 spiro atoms. The highest BCUT2D eigenvalue weighted by Gasteiger charge is 2.50. The molecule has 7 nitrogen and oxygen atoms in total. The summed E-state index contributed by atoms with van der Waals surface area (Å²) in [4.78, 5) is 27.9. The molecule has 0 aromatic heterocycles. The van der Waals surface area contributed by atoms with E-state index in [1.54, 1.807) is 32.0 Å². The Bertz CT molecular complexity index is 1120. The smallest absolute Gasteiger partial charge is 0.247 e. The third-order valence-corrected chi connectivity index (χ3v) is 6.90. The summed E-state index contributed by atoms with van der Waals surface area (Å²) in [5.41, 5.74) is 1.80. The quantitative estimate of drug-likeness (QED) is 0.738. The Morgan fingerprint density at radius 1 is 1.16 bits per heavy atom. The van der Waals surface area contributed by atoms with Crippen molar-refractivity contribution in [1.82, 2.24) is 9.62 Å². The van der Waals surface area contributed by atoms with E-state index in [-0.39, 0.29) is 19.6 Å². The first-order valence-electron chi connectivity index (χ1n) is 9.80. The van der Waals surface area contributed by atoms with Crippen LogP contribution in [0.2, 0.25) is 5.02 Å². The highest BCUT2D eigenvalue weighted by Crippen LogP contribution is 2.34. The molecule has 0 aliphatic carbocycles. The van der Waals surface area contributed by atoms with Gasteiger partial charge in [-0.15, -0.1) is 0 Å². The molecule has 2 aromatic carbocycles. The van der Waals surface area contributed by atoms with E-state index < -0.39 is 27.4 Å². The van der Waals surface area contributed by atoms with E-state index in [9.17, 15) is 18.0 Å². The fourth-order valence-electron chi connectivity index (χ4n) is 3.72. The van der Waals surface area contributed by atoms with E-state index >= 15 is 0 Å². The van der Waals surface area contributed by atoms with Crippen LogP contribution in [0.15, 0.2) is 42.5 Å². The number of sulfonamides is 1. The van der Waals surface area contributed by atoms with Crippen molar-refractivity contribution in [3.63, 3.8) is 0 Å². The van der Waals surface area contributed by atoms with Crippen LogP contribution in [0.4, 0.5) is 5.69 Å². The lowest BCUT2D eigenvalue weighted by Crippen LogP contribution is -2.70. The van der Waals surface area contributed by atoms with E-state index in [1.165, 1.54) is 4.90 Å². The molecule has 1 aliphatic heterocycles. The molecule has 9 heteroatoms. The third-order valence-electron chi connectivity index (χ3n) is 5.47. The SMILES string of the molecule is Cc1ccc(CNC(=O)[C@]2(C)CN(S(C)(=O)=O)CC(=O)N2c2ccc(Cl)cc2C)cc1. The Labute approximate surface area is 188 Å². The zero-order valence-electron chi connectivity index (χ0n) is 18.0. The molecule has 0 radical (unpaired) electrons. The molecule has 0 bridgehead atoms. The minimum Gasteiger partial charge on any atom is -0.350 e. The summed E-state index contributed by atoms with van der Waals surface area (Å²) in [5.74, 6) is -0.917. The van der Waals surface area contributed by atoms with E-state index in [1.807, 2.05) is 31.2 Å². The molecule has 0 saturated carbocycles. The number of nitrogens with one attached hydrogen (secondary N) is 1. The minimum atomic E-state index is -3.67. The lowest BCUT2D eigenvalue weighted by atomic mass is 9.93. The van der Waals surface area contributed by atoms with Crippen molar-refractivity contribution in [3.05, 3.63) is 64.2 Å². The van der Waals surface area contributed by atoms with E-state index in [0.717, 1.165) is 21.7 Å². The monoisotopic (exact) mass is 463 g/mol. The maximum Gasteiger partial charge on any atom is 0.247 e. The van der Waals surface area contributed by atoms with Gasteiger partial charge in [-0.2, -0.15) is 4.31 Å². The summed E-state index contributed by atoms with van der Waals surface area (Å²) in [7, 11) is -3.67. The van der Waals surface area contributed by atoms with Gasteiger partial charge in [-0.3, -0.25) is 14.5 Å². The van der Waals surface area contributed by atoms with Crippen LogP contribution in [-0.2, 0) is 26.2 Å². The number of benzene rings is 2. The van der Waals surface area contributed by atoms with Crippen molar-refractivity contribution >= 4 is 39.1 Å². The van der Waals surface area contributed by atoms with E-state index in [0.29, 0.717) is 16.3 Å². The van der Waals surface area contributed by atoms with Crippen LogP contribution >= 0.6 is 11.6 Å². The number of hydrogen-bond donors (Lipinski definition) is 1. The Morgan fingerprint density at radius 2 is 1.81 bits per heavy atom. The van der Waals surface area contributed by atoms with Crippen LogP contribution < -0.4 is 10.2 Å². The van der Waals surface area contributed by atoms with Gasteiger partial charge in [0, 0.05) is 23.8 Å². The van der Waals surface area contributed by atoms with E-state index in [4.69, 9.17) is 11.6 Å². The number of aryl methyl sites for hydroxylation is 2. The van der Waals surface area contributed by atoms with Gasteiger partial charge in [-0.25, -0.2) is 8.42 Å². The van der Waals surface area contributed by atoms with Gasteiger partial charge in [0.05, 0.1) is 12.8 Å². The minimum absolute atomic E-state index is 0.153. The molecule has 3 rings (SSSR count). The zero-order chi connectivity index (χ0) is 23.0. The Morgan fingerprint density at radius 3 is 2.39 bits per heavy atom. The van der Waals surface area contributed by atoms with Crippen molar-refractivity contribution < 1.29 is 18.0 Å². The normalized spacial score (nSPS) is 20.0. The van der Waals surface area contributed by atoms with Crippen LogP contribution in [0.25, 0.3) is 0 Å². The summed E-state index contributed by atoms with van der Waals surface area (Å²) in [6, 6.07) is 12.7. The molecule has 2 amide bonds. The molecule has 31 heavy (non-hydrogen) atoms. The summed E-state index contributed by atoms with van der Waals surface area (Å²) in [6.07, 6.45) is 1.04. The highest BCUT2D eigenvalue weighted by atomic mass is 35.5. The van der Waals surface area contributed by atoms with Crippen LogP contribution in [-0.4, -0.2) is 49.4 Å². The molecule has 2 aromatic rings. The molecule has 0 unspecified atom stereocenters. The fraction of sp³-hybridized carbons (Fsp3) is 0.364. The number of carbonyl (C=O) groups excluding carboxylic acids is 2. The van der Waals surface area contributed by atoms with Crippen molar-refractivity contribution in [2.75, 3.05) is 24.2 Å². The van der Waals surface area contributed by atoms with Crippen molar-refractivity contribution in [2.24, 2.45) is 0 Å². The first kappa shape index (κ1) is 23.2. The van der Waals surface area contributed by atoms with Crippen LogP contribution in [0, 0.1) is 13.8 Å². The number of nitrogens with zero attached hydrogens (tertiary/aromatic N) is 2. The molecule has 1 aliphatic rings. The number of anilines is 1. The lowest BCUT2D eigenvalue weighted by Gasteiger charge is -2.47. The van der Waals surface area contributed by atoms with Crippen LogP contribution in [0.3, 0.4) is 0 Å². The second-order valence-electron chi connectivity index (χ2n) is 8.13. The largest absolute Gasteiger partial charge is 0.350 e. The summed E-state index contributed by atoms with van der Waals surface area (Å²) >= 11 is 6.07. The lowest BCUT2D eigenvalue weighted by molar-refractivity contribution is -0.133. The molecule has 1 atom stereocenters. The van der Waals surface area contributed by atoms with Gasteiger partial charge in [0.25, 0.3) is 0 Å². The fourth-order valence-corrected chi connectivity index (χ4v) is 4.78. The summed E-state index contributed by atoms with van der Waals surface area (Å²) < 4.78 is 25.5. The van der Waals surface area contributed by atoms with Gasteiger partial charge in [0.15, 0.2) is 0 Å². The standard InChI is InChI=1S/C22H26ClN3O4S/c1-15-5-7-17(8-6-15)12-24-21(28)22(3)14-25(31(4,29)30)13-20(27)26(22)19-10-9-18(23)11-16(19)2/h5-11H,12-14H2,1-4H3,(H,24,28)/t22-/m0/s1. The van der Waals surface area contributed by atoms with Gasteiger partial charge < -0.3 is 5.32 Å². The Kier molecular flexibility index (Phi) is 6.45. The van der Waals surface area contributed by atoms with Gasteiger partial charge in [0.2, 0.25) is 21.8 Å². The Hall–Kier alpha value is -2.42. The number of amides is 2. The maximum atomic E-state index is 13.4. The van der Waals surface area contributed by atoms with Crippen LogP contribution in [0.5, 0.6) is 0 Å². The first-order valence-corrected chi connectivity index (χ1v) is 12.0. The average molecular weight is 464 g/mol. The second-order valence-corrected chi connectivity index (χ2v) is 10.6. The Balaban J connectivity index is 1.98. The summed E-state index contributed by atoms with van der Waals surface area (Å²) in [6.45, 7) is 5.13. The van der Waals surface area contributed by atoms with Crippen molar-refractivity contribution in [2.45, 2.75) is 32.9 Å². The number of rotatable bonds is 5. The number of halogens is 1. The van der Waals surface area contributed by atoms with Crippen LogP contribution in [0.1, 0.15) is 23.6 Å². The number of carbonyl (C=O) groups is 2. The zero-order valence-corrected chi connectivity index (χ0v) is 19.5. The topological polar surface area (TPSA) is 86.8 Å². The average Bonchev–Trinajstić information content (AvgIpc) is 2.67. The maximum absolute atomic E-state index is 13.4. The molecular formula is C22H26ClN3O4S. The van der Waals surface area contributed by atoms with Gasteiger partial charge in [-0.1, -0.05) is 41.4 Å². The van der Waals surface area contributed by atoms with Gasteiger partial charge >= 0.3 is 0 Å². The molecule has 1 fully saturated rings. The molecular weight excluding hydrogens is 438 g/mol. The predicted octanol–water partition coefficient (Wildman–Crippen LogP) is 2.64. The predicted molar refractivity (Wildman–Crippen MR) is 122 cm³/mol. The number of piperazine rings is 1. The number of hydrogen-bond acceptors (Lipinski definition) is 4. The summed E-state index contributed by atoms with van der Waals surface area (Å²) in [5, 5.41) is 3.38. The van der Waals surface area contributed by atoms with Gasteiger partial charge in [0.1, 0.15) is 5.54 Å².